The molecule has 1 fully saturated rings. The Bertz CT molecular complexity index is 497. The number of aromatic nitrogens is 1. The Morgan fingerprint density at radius 1 is 1.40 bits per heavy atom. The molecule has 1 aliphatic rings. The molecule has 0 radical (unpaired) electrons. The Morgan fingerprint density at radius 3 is 2.50 bits per heavy atom. The van der Waals surface area contributed by atoms with Crippen molar-refractivity contribution in [3.8, 4) is 0 Å². The second kappa shape index (κ2) is 5.83. The van der Waals surface area contributed by atoms with Crippen LogP contribution in [0.3, 0.4) is 0 Å². The summed E-state index contributed by atoms with van der Waals surface area (Å²) < 4.78 is 0. The van der Waals surface area contributed by atoms with Crippen molar-refractivity contribution in [2.45, 2.75) is 13.0 Å². The fourth-order valence-corrected chi connectivity index (χ4v) is 2.17. The van der Waals surface area contributed by atoms with Crippen molar-refractivity contribution in [2.24, 2.45) is 0 Å². The highest BCUT2D eigenvalue weighted by Crippen LogP contribution is 2.18. The first-order chi connectivity index (χ1) is 9.49. The van der Waals surface area contributed by atoms with E-state index in [1.165, 1.54) is 12.3 Å². The number of rotatable bonds is 4. The van der Waals surface area contributed by atoms with Gasteiger partial charge in [-0.1, -0.05) is 0 Å². The second-order valence-corrected chi connectivity index (χ2v) is 4.67. The van der Waals surface area contributed by atoms with E-state index in [1.807, 2.05) is 9.80 Å². The fourth-order valence-electron chi connectivity index (χ4n) is 2.17. The molecule has 0 spiro atoms. The number of nitrogens with zero attached hydrogens (tertiary/aromatic N) is 4. The smallest absolute Gasteiger partial charge is 0.320 e. The average Bonchev–Trinajstić information content (AvgIpc) is 2.46. The van der Waals surface area contributed by atoms with Gasteiger partial charge in [-0.3, -0.25) is 19.8 Å². The molecular weight excluding hydrogens is 264 g/mol. The maximum absolute atomic E-state index is 10.9. The lowest BCUT2D eigenvalue weighted by Crippen LogP contribution is -2.51. The van der Waals surface area contributed by atoms with E-state index in [0.717, 1.165) is 0 Å². The predicted octanol–water partition coefficient (Wildman–Crippen LogP) is 0.585. The van der Waals surface area contributed by atoms with Gasteiger partial charge in [0.15, 0.2) is 0 Å². The zero-order valence-electron chi connectivity index (χ0n) is 11.1. The Labute approximate surface area is 115 Å². The van der Waals surface area contributed by atoms with Gasteiger partial charge in [-0.25, -0.2) is 4.98 Å². The van der Waals surface area contributed by atoms with Gasteiger partial charge in [-0.2, -0.15) is 0 Å². The first-order valence-electron chi connectivity index (χ1n) is 6.31. The molecule has 1 unspecified atom stereocenters. The summed E-state index contributed by atoms with van der Waals surface area (Å²) in [5.41, 5.74) is -0.0353. The van der Waals surface area contributed by atoms with Crippen LogP contribution >= 0.6 is 0 Å². The van der Waals surface area contributed by atoms with Crippen LogP contribution in [-0.2, 0) is 4.79 Å². The Morgan fingerprint density at radius 2 is 2.05 bits per heavy atom. The highest BCUT2D eigenvalue weighted by molar-refractivity contribution is 5.72. The van der Waals surface area contributed by atoms with Gasteiger partial charge in [-0.15, -0.1) is 0 Å². The van der Waals surface area contributed by atoms with Gasteiger partial charge < -0.3 is 10.0 Å². The summed E-state index contributed by atoms with van der Waals surface area (Å²) in [6, 6.07) is 2.55. The number of carbonyl (C=O) groups is 1. The van der Waals surface area contributed by atoms with Gasteiger partial charge in [0.05, 0.1) is 4.92 Å². The van der Waals surface area contributed by atoms with Gasteiger partial charge in [0.2, 0.25) is 0 Å². The average molecular weight is 280 g/mol. The van der Waals surface area contributed by atoms with Gasteiger partial charge in [0, 0.05) is 32.2 Å². The second-order valence-electron chi connectivity index (χ2n) is 4.67. The molecule has 1 atom stereocenters. The van der Waals surface area contributed by atoms with Crippen LogP contribution in [0.2, 0.25) is 0 Å². The summed E-state index contributed by atoms with van der Waals surface area (Å²) in [4.78, 5) is 29.0. The number of pyridine rings is 1. The van der Waals surface area contributed by atoms with Crippen LogP contribution in [0.15, 0.2) is 18.3 Å². The van der Waals surface area contributed by atoms with Crippen LogP contribution in [0.5, 0.6) is 0 Å². The highest BCUT2D eigenvalue weighted by Gasteiger charge is 2.25. The molecule has 20 heavy (non-hydrogen) atoms. The fraction of sp³-hybridized carbons (Fsp3) is 0.500. The molecule has 8 nitrogen and oxygen atoms in total. The topological polar surface area (TPSA) is 99.8 Å². The maximum atomic E-state index is 10.9. The third-order valence-corrected chi connectivity index (χ3v) is 3.49. The number of hydrogen-bond acceptors (Lipinski definition) is 6. The molecule has 0 bridgehead atoms. The number of piperazine rings is 1. The minimum absolute atomic E-state index is 0.0353. The molecule has 0 aromatic carbocycles. The molecule has 0 saturated carbocycles. The lowest BCUT2D eigenvalue weighted by atomic mass is 10.2. The van der Waals surface area contributed by atoms with Crippen molar-refractivity contribution < 1.29 is 14.8 Å². The molecular formula is C12H16N4O4. The maximum Gasteiger partial charge on any atom is 0.320 e. The minimum atomic E-state index is -0.827. The molecule has 1 aromatic rings. The quantitative estimate of drug-likeness (QED) is 0.636. The lowest BCUT2D eigenvalue weighted by Gasteiger charge is -2.37. The molecule has 1 N–H and O–H groups in total. The largest absolute Gasteiger partial charge is 0.480 e. The Hall–Kier alpha value is -2.22. The van der Waals surface area contributed by atoms with Crippen LogP contribution < -0.4 is 4.90 Å². The molecule has 0 amide bonds. The summed E-state index contributed by atoms with van der Waals surface area (Å²) in [5, 5.41) is 19.5. The Kier molecular flexibility index (Phi) is 4.14. The van der Waals surface area contributed by atoms with Crippen LogP contribution in [0.4, 0.5) is 11.5 Å². The molecule has 2 heterocycles. The number of carboxylic acids is 1. The van der Waals surface area contributed by atoms with E-state index in [2.05, 4.69) is 4.98 Å². The van der Waals surface area contributed by atoms with Crippen molar-refractivity contribution in [3.63, 3.8) is 0 Å². The Balaban J connectivity index is 1.96. The summed E-state index contributed by atoms with van der Waals surface area (Å²) >= 11 is 0. The summed E-state index contributed by atoms with van der Waals surface area (Å²) in [7, 11) is 0. The molecule has 2 rings (SSSR count). The van der Waals surface area contributed by atoms with Gasteiger partial charge in [0.25, 0.3) is 5.69 Å². The molecule has 108 valence electrons. The summed E-state index contributed by atoms with van der Waals surface area (Å²) in [6.07, 6.45) is 1.24. The standard InChI is InChI=1S/C12H16N4O4/c1-9(12(17)18)14-4-6-15(7-5-14)11-3-2-10(8-13-11)16(19)20/h2-3,8-9H,4-7H2,1H3,(H,17,18). The molecule has 1 aliphatic heterocycles. The number of nitro groups is 1. The van der Waals surface area contributed by atoms with Crippen molar-refractivity contribution >= 4 is 17.5 Å². The summed E-state index contributed by atoms with van der Waals surface area (Å²) in [5.74, 6) is -0.148. The lowest BCUT2D eigenvalue weighted by molar-refractivity contribution is -0.385. The SMILES string of the molecule is CC(C(=O)O)N1CCN(c2ccc([N+](=O)[O-])cn2)CC1. The van der Waals surface area contributed by atoms with Crippen LogP contribution in [0.1, 0.15) is 6.92 Å². The van der Waals surface area contributed by atoms with Crippen molar-refractivity contribution in [3.05, 3.63) is 28.4 Å². The van der Waals surface area contributed by atoms with Gasteiger partial charge >= 0.3 is 5.97 Å². The number of anilines is 1. The minimum Gasteiger partial charge on any atom is -0.480 e. The number of hydrogen-bond donors (Lipinski definition) is 1. The molecule has 0 aliphatic carbocycles. The van der Waals surface area contributed by atoms with E-state index in [1.54, 1.807) is 13.0 Å². The first kappa shape index (κ1) is 14.2. The number of aliphatic carboxylic acids is 1. The van der Waals surface area contributed by atoms with Crippen molar-refractivity contribution in [2.75, 3.05) is 31.1 Å². The third kappa shape index (κ3) is 3.02. The van der Waals surface area contributed by atoms with E-state index >= 15 is 0 Å². The van der Waals surface area contributed by atoms with E-state index in [9.17, 15) is 14.9 Å². The van der Waals surface area contributed by atoms with Gasteiger partial charge in [0.1, 0.15) is 18.1 Å². The first-order valence-corrected chi connectivity index (χ1v) is 6.31. The van der Waals surface area contributed by atoms with Crippen molar-refractivity contribution in [1.82, 2.24) is 9.88 Å². The molecule has 1 aromatic heterocycles. The zero-order valence-corrected chi connectivity index (χ0v) is 11.1. The number of carboxylic acid groups (broad SMARTS) is 1. The normalized spacial score (nSPS) is 17.8. The third-order valence-electron chi connectivity index (χ3n) is 3.49. The predicted molar refractivity (Wildman–Crippen MR) is 71.8 cm³/mol. The molecule has 8 heteroatoms. The van der Waals surface area contributed by atoms with Crippen LogP contribution in [0, 0.1) is 10.1 Å². The van der Waals surface area contributed by atoms with E-state index in [-0.39, 0.29) is 5.69 Å². The van der Waals surface area contributed by atoms with E-state index in [0.29, 0.717) is 32.0 Å². The highest BCUT2D eigenvalue weighted by atomic mass is 16.6. The van der Waals surface area contributed by atoms with Crippen molar-refractivity contribution in [1.29, 1.82) is 0 Å². The zero-order chi connectivity index (χ0) is 14.7. The van der Waals surface area contributed by atoms with Crippen LogP contribution in [0.25, 0.3) is 0 Å². The summed E-state index contributed by atoms with van der Waals surface area (Å²) in [6.45, 7) is 4.24. The molecule has 1 saturated heterocycles. The monoisotopic (exact) mass is 280 g/mol. The van der Waals surface area contributed by atoms with E-state index in [4.69, 9.17) is 5.11 Å². The van der Waals surface area contributed by atoms with E-state index < -0.39 is 16.9 Å². The van der Waals surface area contributed by atoms with Crippen LogP contribution in [-0.4, -0.2) is 58.1 Å². The van der Waals surface area contributed by atoms with Gasteiger partial charge in [-0.05, 0) is 13.0 Å².